The van der Waals surface area contributed by atoms with Gasteiger partial charge in [-0.3, -0.25) is 14.5 Å². The Hall–Kier alpha value is -3.93. The number of nitrogens with zero attached hydrogens (tertiary/aromatic N) is 1. The van der Waals surface area contributed by atoms with Crippen molar-refractivity contribution in [3.8, 4) is 0 Å². The smallest absolute Gasteiger partial charge is 0.325 e. The summed E-state index contributed by atoms with van der Waals surface area (Å²) in [6.07, 6.45) is 1.76. The first-order valence-corrected chi connectivity index (χ1v) is 11.6. The fourth-order valence-electron chi connectivity index (χ4n) is 4.55. The van der Waals surface area contributed by atoms with Crippen molar-refractivity contribution in [2.24, 2.45) is 0 Å². The van der Waals surface area contributed by atoms with Crippen molar-refractivity contribution in [2.75, 3.05) is 6.54 Å². The van der Waals surface area contributed by atoms with Crippen LogP contribution in [0.5, 0.6) is 0 Å². The Kier molecular flexibility index (Phi) is 7.07. The first kappa shape index (κ1) is 23.2. The summed E-state index contributed by atoms with van der Waals surface area (Å²) in [7, 11) is 0. The maximum atomic E-state index is 13.5. The zero-order valence-corrected chi connectivity index (χ0v) is 19.2. The van der Waals surface area contributed by atoms with Crippen molar-refractivity contribution < 1.29 is 14.4 Å². The monoisotopic (exact) mass is 455 g/mol. The average Bonchev–Trinajstić information content (AvgIpc) is 3.10. The van der Waals surface area contributed by atoms with Gasteiger partial charge in [0.1, 0.15) is 12.1 Å². The van der Waals surface area contributed by atoms with Crippen LogP contribution in [0.4, 0.5) is 4.79 Å². The van der Waals surface area contributed by atoms with Crippen LogP contribution in [0.25, 0.3) is 0 Å². The van der Waals surface area contributed by atoms with E-state index >= 15 is 0 Å². The van der Waals surface area contributed by atoms with Gasteiger partial charge in [-0.05, 0) is 29.5 Å². The molecule has 0 aromatic heterocycles. The van der Waals surface area contributed by atoms with Gasteiger partial charge in [-0.15, -0.1) is 0 Å². The van der Waals surface area contributed by atoms with Crippen LogP contribution in [0.2, 0.25) is 0 Å². The Balaban J connectivity index is 1.52. The number of nitrogens with one attached hydrogen (secondary N) is 2. The lowest BCUT2D eigenvalue weighted by Gasteiger charge is -2.27. The normalized spacial score (nSPS) is 18.4. The third kappa shape index (κ3) is 4.86. The van der Waals surface area contributed by atoms with Crippen molar-refractivity contribution in [1.82, 2.24) is 15.5 Å². The van der Waals surface area contributed by atoms with E-state index in [9.17, 15) is 14.4 Å². The molecule has 4 amide bonds. The molecule has 0 bridgehead atoms. The SMILES string of the molecule is CCC[C@]1(c2ccccc2)NC(=O)N(CC(=O)N[C@H](Cc2ccccc2)c2ccccc2)C1=O. The molecule has 1 heterocycles. The summed E-state index contributed by atoms with van der Waals surface area (Å²) < 4.78 is 0. The van der Waals surface area contributed by atoms with E-state index in [4.69, 9.17) is 0 Å². The lowest BCUT2D eigenvalue weighted by Crippen LogP contribution is -2.45. The van der Waals surface area contributed by atoms with E-state index in [2.05, 4.69) is 10.6 Å². The summed E-state index contributed by atoms with van der Waals surface area (Å²) >= 11 is 0. The maximum absolute atomic E-state index is 13.5. The largest absolute Gasteiger partial charge is 0.347 e. The zero-order chi connectivity index (χ0) is 24.0. The van der Waals surface area contributed by atoms with E-state index in [0.717, 1.165) is 21.6 Å². The number of urea groups is 1. The average molecular weight is 456 g/mol. The van der Waals surface area contributed by atoms with E-state index in [1.807, 2.05) is 97.9 Å². The number of carbonyl (C=O) groups excluding carboxylic acids is 3. The Bertz CT molecular complexity index is 1140. The number of rotatable bonds is 9. The third-order valence-electron chi connectivity index (χ3n) is 6.19. The molecule has 1 saturated heterocycles. The van der Waals surface area contributed by atoms with Gasteiger partial charge in [0.25, 0.3) is 5.91 Å². The molecule has 0 radical (unpaired) electrons. The van der Waals surface area contributed by atoms with Gasteiger partial charge < -0.3 is 10.6 Å². The summed E-state index contributed by atoms with van der Waals surface area (Å²) in [6.45, 7) is 1.63. The lowest BCUT2D eigenvalue weighted by molar-refractivity contribution is -0.135. The molecule has 0 saturated carbocycles. The van der Waals surface area contributed by atoms with E-state index < -0.39 is 11.6 Å². The van der Waals surface area contributed by atoms with Crippen LogP contribution in [0, 0.1) is 0 Å². The highest BCUT2D eigenvalue weighted by Gasteiger charge is 2.52. The number of benzene rings is 3. The minimum atomic E-state index is -1.14. The zero-order valence-electron chi connectivity index (χ0n) is 19.2. The van der Waals surface area contributed by atoms with Gasteiger partial charge in [-0.2, -0.15) is 0 Å². The van der Waals surface area contributed by atoms with Crippen molar-refractivity contribution in [1.29, 1.82) is 0 Å². The molecule has 1 aliphatic rings. The fraction of sp³-hybridized carbons (Fsp3) is 0.250. The topological polar surface area (TPSA) is 78.5 Å². The van der Waals surface area contributed by atoms with Crippen LogP contribution in [-0.4, -0.2) is 29.3 Å². The highest BCUT2D eigenvalue weighted by Crippen LogP contribution is 2.33. The molecule has 2 N–H and O–H groups in total. The second-order valence-electron chi connectivity index (χ2n) is 8.56. The Morgan fingerprint density at radius 1 is 0.912 bits per heavy atom. The van der Waals surface area contributed by atoms with Gasteiger partial charge >= 0.3 is 6.03 Å². The molecule has 3 aromatic rings. The minimum absolute atomic E-state index is 0.286. The van der Waals surface area contributed by atoms with Crippen LogP contribution < -0.4 is 10.6 Å². The summed E-state index contributed by atoms with van der Waals surface area (Å²) in [5.41, 5.74) is 1.62. The summed E-state index contributed by atoms with van der Waals surface area (Å²) in [6, 6.07) is 28.0. The highest BCUT2D eigenvalue weighted by atomic mass is 16.2. The maximum Gasteiger partial charge on any atom is 0.325 e. The van der Waals surface area contributed by atoms with Crippen LogP contribution in [-0.2, 0) is 21.5 Å². The number of imide groups is 1. The Morgan fingerprint density at radius 2 is 1.50 bits per heavy atom. The summed E-state index contributed by atoms with van der Waals surface area (Å²) in [5, 5.41) is 5.91. The number of carbonyl (C=O) groups is 3. The van der Waals surface area contributed by atoms with Gasteiger partial charge in [0.2, 0.25) is 5.91 Å². The number of hydrogen-bond donors (Lipinski definition) is 2. The molecule has 1 fully saturated rings. The van der Waals surface area contributed by atoms with E-state index in [0.29, 0.717) is 19.3 Å². The van der Waals surface area contributed by atoms with Gasteiger partial charge in [-0.1, -0.05) is 104 Å². The molecular weight excluding hydrogens is 426 g/mol. The van der Waals surface area contributed by atoms with Crippen molar-refractivity contribution in [2.45, 2.75) is 37.8 Å². The fourth-order valence-corrected chi connectivity index (χ4v) is 4.55. The quantitative estimate of drug-likeness (QED) is 0.471. The number of hydrogen-bond acceptors (Lipinski definition) is 3. The Labute approximate surface area is 200 Å². The van der Waals surface area contributed by atoms with E-state index in [1.54, 1.807) is 0 Å². The van der Waals surface area contributed by atoms with Gasteiger partial charge in [-0.25, -0.2) is 4.79 Å². The van der Waals surface area contributed by atoms with Crippen LogP contribution in [0.15, 0.2) is 91.0 Å². The van der Waals surface area contributed by atoms with Crippen molar-refractivity contribution in [3.05, 3.63) is 108 Å². The van der Waals surface area contributed by atoms with Crippen LogP contribution in [0.3, 0.4) is 0 Å². The highest BCUT2D eigenvalue weighted by molar-refractivity contribution is 6.09. The van der Waals surface area contributed by atoms with Crippen LogP contribution in [0.1, 0.15) is 42.5 Å². The molecule has 34 heavy (non-hydrogen) atoms. The molecule has 6 heteroatoms. The second-order valence-corrected chi connectivity index (χ2v) is 8.56. The van der Waals surface area contributed by atoms with Gasteiger partial charge in [0, 0.05) is 0 Å². The number of amides is 4. The Morgan fingerprint density at radius 3 is 2.12 bits per heavy atom. The predicted octanol–water partition coefficient (Wildman–Crippen LogP) is 4.33. The molecule has 4 rings (SSSR count). The lowest BCUT2D eigenvalue weighted by atomic mass is 9.85. The summed E-state index contributed by atoms with van der Waals surface area (Å²) in [4.78, 5) is 40.4. The molecule has 0 aliphatic carbocycles. The van der Waals surface area contributed by atoms with Crippen molar-refractivity contribution >= 4 is 17.8 Å². The molecular formula is C28H29N3O3. The van der Waals surface area contributed by atoms with Gasteiger partial charge in [0.15, 0.2) is 0 Å². The predicted molar refractivity (Wildman–Crippen MR) is 131 cm³/mol. The molecule has 1 aliphatic heterocycles. The molecule has 6 nitrogen and oxygen atoms in total. The standard InChI is InChI=1S/C28H29N3O3/c1-2-18-28(23-16-10-5-11-17-23)26(33)31(27(34)30-28)20-25(32)29-24(22-14-8-4-9-15-22)19-21-12-6-3-7-13-21/h3-17,24H,2,18-20H2,1H3,(H,29,32)(H,30,34)/t24-,28-/m1/s1. The van der Waals surface area contributed by atoms with E-state index in [-0.39, 0.29) is 24.4 Å². The molecule has 3 aromatic carbocycles. The first-order chi connectivity index (χ1) is 16.5. The van der Waals surface area contributed by atoms with Crippen molar-refractivity contribution in [3.63, 3.8) is 0 Å². The van der Waals surface area contributed by atoms with E-state index in [1.165, 1.54) is 0 Å². The molecule has 0 unspecified atom stereocenters. The third-order valence-corrected chi connectivity index (χ3v) is 6.19. The molecule has 174 valence electrons. The first-order valence-electron chi connectivity index (χ1n) is 11.6. The molecule has 2 atom stereocenters. The minimum Gasteiger partial charge on any atom is -0.347 e. The molecule has 0 spiro atoms. The van der Waals surface area contributed by atoms with Crippen LogP contribution >= 0.6 is 0 Å². The van der Waals surface area contributed by atoms with Gasteiger partial charge in [0.05, 0.1) is 6.04 Å². The second kappa shape index (κ2) is 10.3. The summed E-state index contributed by atoms with van der Waals surface area (Å²) in [5.74, 6) is -0.770.